The molecule has 21 heavy (non-hydrogen) atoms. The summed E-state index contributed by atoms with van der Waals surface area (Å²) in [5.74, 6) is -1.72. The van der Waals surface area contributed by atoms with E-state index in [1.807, 2.05) is 0 Å². The topological polar surface area (TPSA) is 92.5 Å². The Morgan fingerprint density at radius 2 is 1.90 bits per heavy atom. The van der Waals surface area contributed by atoms with Crippen molar-refractivity contribution < 1.29 is 19.2 Å². The number of nitrogens with one attached hydrogen (secondary N) is 1. The molecule has 0 spiro atoms. The van der Waals surface area contributed by atoms with Crippen LogP contribution in [-0.2, 0) is 0 Å². The second-order valence-electron chi connectivity index (χ2n) is 4.38. The molecule has 0 heterocycles. The third kappa shape index (κ3) is 3.14. The highest BCUT2D eigenvalue weighted by molar-refractivity contribution is 5.88. The molecule has 0 fully saturated rings. The van der Waals surface area contributed by atoms with Gasteiger partial charge < -0.3 is 10.4 Å². The van der Waals surface area contributed by atoms with Crippen molar-refractivity contribution in [2.75, 3.05) is 5.32 Å². The van der Waals surface area contributed by atoms with E-state index in [9.17, 15) is 19.3 Å². The molecule has 0 aliphatic carbocycles. The molecule has 2 aromatic carbocycles. The van der Waals surface area contributed by atoms with Crippen LogP contribution in [0.25, 0.3) is 0 Å². The predicted octanol–water partition coefficient (Wildman–Crippen LogP) is 3.48. The first-order chi connectivity index (χ1) is 9.88. The minimum Gasteiger partial charge on any atom is -0.478 e. The van der Waals surface area contributed by atoms with Gasteiger partial charge in [-0.15, -0.1) is 0 Å². The number of nitro benzene ring substituents is 1. The summed E-state index contributed by atoms with van der Waals surface area (Å²) in [6.07, 6.45) is 0. The van der Waals surface area contributed by atoms with Crippen LogP contribution in [-0.4, -0.2) is 16.0 Å². The number of nitro groups is 1. The van der Waals surface area contributed by atoms with E-state index in [-0.39, 0.29) is 22.5 Å². The Balaban J connectivity index is 2.36. The highest BCUT2D eigenvalue weighted by Gasteiger charge is 2.17. The maximum Gasteiger partial charge on any atom is 0.335 e. The molecule has 2 rings (SSSR count). The molecule has 6 nitrogen and oxygen atoms in total. The number of rotatable bonds is 4. The lowest BCUT2D eigenvalue weighted by atomic mass is 10.1. The average Bonchev–Trinajstić information content (AvgIpc) is 2.43. The number of hydrogen-bond acceptors (Lipinski definition) is 4. The number of anilines is 2. The monoisotopic (exact) mass is 290 g/mol. The summed E-state index contributed by atoms with van der Waals surface area (Å²) in [5.41, 5.74) is 0.590. The zero-order chi connectivity index (χ0) is 15.6. The minimum absolute atomic E-state index is 0.102. The van der Waals surface area contributed by atoms with Gasteiger partial charge in [0.05, 0.1) is 16.6 Å². The standard InChI is InChI=1S/C14H11FN2O4/c1-8-6-12(13(17(20)21)7-11(8)15)16-10-4-2-9(3-5-10)14(18)19/h2-7,16H,1H3,(H,18,19). The third-order valence-electron chi connectivity index (χ3n) is 2.88. The fourth-order valence-electron chi connectivity index (χ4n) is 1.77. The van der Waals surface area contributed by atoms with E-state index in [0.717, 1.165) is 6.07 Å². The molecule has 0 radical (unpaired) electrons. The molecule has 0 aliphatic rings. The average molecular weight is 290 g/mol. The molecule has 0 saturated heterocycles. The highest BCUT2D eigenvalue weighted by Crippen LogP contribution is 2.30. The fraction of sp³-hybridized carbons (Fsp3) is 0.0714. The maximum atomic E-state index is 13.4. The van der Waals surface area contributed by atoms with Gasteiger partial charge in [-0.1, -0.05) is 0 Å². The van der Waals surface area contributed by atoms with Crippen molar-refractivity contribution in [3.63, 3.8) is 0 Å². The summed E-state index contributed by atoms with van der Waals surface area (Å²) in [4.78, 5) is 21.0. The van der Waals surface area contributed by atoms with Crippen LogP contribution < -0.4 is 5.32 Å². The lowest BCUT2D eigenvalue weighted by Crippen LogP contribution is -2.00. The summed E-state index contributed by atoms with van der Waals surface area (Å²) in [7, 11) is 0. The van der Waals surface area contributed by atoms with E-state index in [1.54, 1.807) is 0 Å². The number of aromatic carboxylic acids is 1. The van der Waals surface area contributed by atoms with Crippen molar-refractivity contribution in [1.29, 1.82) is 0 Å². The molecule has 0 bridgehead atoms. The van der Waals surface area contributed by atoms with Gasteiger partial charge in [-0.2, -0.15) is 0 Å². The summed E-state index contributed by atoms with van der Waals surface area (Å²) in [6.45, 7) is 1.50. The van der Waals surface area contributed by atoms with Crippen molar-refractivity contribution in [3.8, 4) is 0 Å². The van der Waals surface area contributed by atoms with Crippen molar-refractivity contribution in [2.45, 2.75) is 6.92 Å². The molecule has 0 aliphatic heterocycles. The van der Waals surface area contributed by atoms with E-state index in [0.29, 0.717) is 5.69 Å². The Kier molecular flexibility index (Phi) is 3.84. The first-order valence-electron chi connectivity index (χ1n) is 5.93. The van der Waals surface area contributed by atoms with Gasteiger partial charge in [0.2, 0.25) is 0 Å². The maximum absolute atomic E-state index is 13.4. The molecule has 0 saturated carbocycles. The van der Waals surface area contributed by atoms with E-state index in [1.165, 1.54) is 37.3 Å². The molecule has 108 valence electrons. The first-order valence-corrected chi connectivity index (χ1v) is 5.93. The van der Waals surface area contributed by atoms with Gasteiger partial charge in [0.15, 0.2) is 0 Å². The van der Waals surface area contributed by atoms with Crippen LogP contribution in [0.4, 0.5) is 21.5 Å². The summed E-state index contributed by atoms with van der Waals surface area (Å²) >= 11 is 0. The number of carboxylic acid groups (broad SMARTS) is 1. The third-order valence-corrected chi connectivity index (χ3v) is 2.88. The quantitative estimate of drug-likeness (QED) is 0.664. The molecule has 7 heteroatoms. The molecule has 0 unspecified atom stereocenters. The Bertz CT molecular complexity index is 714. The first kappa shape index (κ1) is 14.4. The molecular formula is C14H11FN2O4. The number of hydrogen-bond donors (Lipinski definition) is 2. The Morgan fingerprint density at radius 1 is 1.29 bits per heavy atom. The van der Waals surface area contributed by atoms with Crippen molar-refractivity contribution in [3.05, 3.63) is 63.5 Å². The summed E-state index contributed by atoms with van der Waals surface area (Å²) < 4.78 is 13.4. The lowest BCUT2D eigenvalue weighted by molar-refractivity contribution is -0.384. The lowest BCUT2D eigenvalue weighted by Gasteiger charge is -2.09. The van der Waals surface area contributed by atoms with Gasteiger partial charge in [0.1, 0.15) is 11.5 Å². The van der Waals surface area contributed by atoms with E-state index in [4.69, 9.17) is 5.11 Å². The van der Waals surface area contributed by atoms with Crippen LogP contribution in [0.1, 0.15) is 15.9 Å². The van der Waals surface area contributed by atoms with E-state index < -0.39 is 16.7 Å². The van der Waals surface area contributed by atoms with Gasteiger partial charge in [-0.05, 0) is 42.8 Å². The number of nitrogens with zero attached hydrogens (tertiary/aromatic N) is 1. The van der Waals surface area contributed by atoms with Crippen LogP contribution in [0.3, 0.4) is 0 Å². The van der Waals surface area contributed by atoms with Crippen molar-refractivity contribution >= 4 is 23.0 Å². The zero-order valence-electron chi connectivity index (χ0n) is 11.0. The fourth-order valence-corrected chi connectivity index (χ4v) is 1.77. The van der Waals surface area contributed by atoms with Crippen LogP contribution in [0, 0.1) is 22.9 Å². The van der Waals surface area contributed by atoms with Gasteiger partial charge in [0.25, 0.3) is 5.69 Å². The van der Waals surface area contributed by atoms with Crippen LogP contribution in [0.2, 0.25) is 0 Å². The second-order valence-corrected chi connectivity index (χ2v) is 4.38. The molecule has 0 amide bonds. The van der Waals surface area contributed by atoms with Crippen LogP contribution in [0.5, 0.6) is 0 Å². The number of aryl methyl sites for hydroxylation is 1. The molecule has 0 aromatic heterocycles. The zero-order valence-corrected chi connectivity index (χ0v) is 11.0. The van der Waals surface area contributed by atoms with E-state index in [2.05, 4.69) is 5.32 Å². The predicted molar refractivity (Wildman–Crippen MR) is 74.5 cm³/mol. The van der Waals surface area contributed by atoms with Crippen LogP contribution >= 0.6 is 0 Å². The van der Waals surface area contributed by atoms with Crippen LogP contribution in [0.15, 0.2) is 36.4 Å². The summed E-state index contributed by atoms with van der Waals surface area (Å²) in [5, 5.41) is 22.5. The van der Waals surface area contributed by atoms with E-state index >= 15 is 0 Å². The summed E-state index contributed by atoms with van der Waals surface area (Å²) in [6, 6.07) is 7.87. The van der Waals surface area contributed by atoms with Gasteiger partial charge in [-0.3, -0.25) is 10.1 Å². The van der Waals surface area contributed by atoms with Crippen molar-refractivity contribution in [1.82, 2.24) is 0 Å². The molecule has 2 N–H and O–H groups in total. The highest BCUT2D eigenvalue weighted by atomic mass is 19.1. The SMILES string of the molecule is Cc1cc(Nc2ccc(C(=O)O)cc2)c([N+](=O)[O-])cc1F. The second kappa shape index (κ2) is 5.58. The van der Waals surface area contributed by atoms with Gasteiger partial charge in [0, 0.05) is 5.69 Å². The Hall–Kier alpha value is -2.96. The number of halogens is 1. The molecule has 2 aromatic rings. The normalized spacial score (nSPS) is 10.2. The smallest absolute Gasteiger partial charge is 0.335 e. The largest absolute Gasteiger partial charge is 0.478 e. The Labute approximate surface area is 119 Å². The van der Waals surface area contributed by atoms with Gasteiger partial charge in [-0.25, -0.2) is 9.18 Å². The van der Waals surface area contributed by atoms with Crippen molar-refractivity contribution in [2.24, 2.45) is 0 Å². The molecule has 0 atom stereocenters. The van der Waals surface area contributed by atoms with Gasteiger partial charge >= 0.3 is 5.97 Å². The number of benzene rings is 2. The molecular weight excluding hydrogens is 279 g/mol. The minimum atomic E-state index is -1.06. The number of carboxylic acids is 1. The Morgan fingerprint density at radius 3 is 2.43 bits per heavy atom. The number of carbonyl (C=O) groups is 1.